The molecule has 0 aliphatic heterocycles. The van der Waals surface area contributed by atoms with Crippen molar-refractivity contribution in [2.24, 2.45) is 0 Å². The SMILES string of the molecule is CC(NC(=O)c1cn(CCF)c2cccc(Cc3ccc(C(F)(F)F)cc3)c12)c1ccc(C(=O)O)cc1. The van der Waals surface area contributed by atoms with Crippen molar-refractivity contribution in [2.75, 3.05) is 6.67 Å². The molecular weight excluding hydrogens is 488 g/mol. The Morgan fingerprint density at radius 3 is 2.27 bits per heavy atom. The van der Waals surface area contributed by atoms with E-state index in [0.29, 0.717) is 27.6 Å². The van der Waals surface area contributed by atoms with Crippen LogP contribution in [0.5, 0.6) is 0 Å². The number of amides is 1. The van der Waals surface area contributed by atoms with Gasteiger partial charge in [0.15, 0.2) is 0 Å². The van der Waals surface area contributed by atoms with E-state index < -0.39 is 36.3 Å². The van der Waals surface area contributed by atoms with Crippen molar-refractivity contribution in [3.8, 4) is 0 Å². The van der Waals surface area contributed by atoms with Crippen LogP contribution >= 0.6 is 0 Å². The van der Waals surface area contributed by atoms with Gasteiger partial charge in [-0.25, -0.2) is 9.18 Å². The minimum absolute atomic E-state index is 0.0414. The van der Waals surface area contributed by atoms with Crippen molar-refractivity contribution >= 4 is 22.8 Å². The highest BCUT2D eigenvalue weighted by molar-refractivity contribution is 6.08. The van der Waals surface area contributed by atoms with Crippen LogP contribution in [0.25, 0.3) is 10.9 Å². The summed E-state index contributed by atoms with van der Waals surface area (Å²) in [4.78, 5) is 24.5. The van der Waals surface area contributed by atoms with E-state index in [1.807, 2.05) is 0 Å². The number of nitrogens with one attached hydrogen (secondary N) is 1. The molecule has 0 aliphatic rings. The fourth-order valence-electron chi connectivity index (χ4n) is 4.33. The first-order valence-corrected chi connectivity index (χ1v) is 11.6. The number of aryl methyl sites for hydroxylation is 1. The third-order valence-corrected chi connectivity index (χ3v) is 6.24. The number of rotatable bonds is 8. The standard InChI is InChI=1S/C28H24F4N2O3/c1-17(19-7-9-20(10-8-19)27(36)37)33-26(35)23-16-34(14-13-29)24-4-2-3-21(25(23)24)15-18-5-11-22(12-6-18)28(30,31)32/h2-12,16-17H,13-15H2,1H3,(H,33,35)(H,36,37). The minimum Gasteiger partial charge on any atom is -0.478 e. The van der Waals surface area contributed by atoms with Crippen molar-refractivity contribution in [3.63, 3.8) is 0 Å². The molecule has 0 aliphatic carbocycles. The lowest BCUT2D eigenvalue weighted by Gasteiger charge is -2.15. The van der Waals surface area contributed by atoms with Crippen LogP contribution in [-0.2, 0) is 19.1 Å². The topological polar surface area (TPSA) is 71.3 Å². The highest BCUT2D eigenvalue weighted by Crippen LogP contribution is 2.31. The second kappa shape index (κ2) is 10.5. The van der Waals surface area contributed by atoms with Gasteiger partial charge >= 0.3 is 12.1 Å². The molecule has 0 saturated carbocycles. The molecule has 1 unspecified atom stereocenters. The maximum Gasteiger partial charge on any atom is 0.416 e. The molecule has 0 spiro atoms. The summed E-state index contributed by atoms with van der Waals surface area (Å²) in [6.45, 7) is 1.16. The van der Waals surface area contributed by atoms with E-state index in [-0.39, 0.29) is 18.5 Å². The molecule has 1 heterocycles. The van der Waals surface area contributed by atoms with Crippen LogP contribution in [0.2, 0.25) is 0 Å². The van der Waals surface area contributed by atoms with E-state index in [9.17, 15) is 27.2 Å². The molecule has 4 rings (SSSR count). The van der Waals surface area contributed by atoms with Crippen LogP contribution < -0.4 is 5.32 Å². The van der Waals surface area contributed by atoms with Crippen LogP contribution in [0, 0.1) is 0 Å². The average molecular weight is 513 g/mol. The summed E-state index contributed by atoms with van der Waals surface area (Å²) < 4.78 is 53.8. The summed E-state index contributed by atoms with van der Waals surface area (Å²) in [6, 6.07) is 15.9. The van der Waals surface area contributed by atoms with Gasteiger partial charge in [-0.05, 0) is 60.4 Å². The number of alkyl halides is 4. The number of fused-ring (bicyclic) bond motifs is 1. The van der Waals surface area contributed by atoms with Crippen LogP contribution in [0.3, 0.4) is 0 Å². The van der Waals surface area contributed by atoms with E-state index >= 15 is 0 Å². The number of carboxylic acids is 1. The predicted octanol–water partition coefficient (Wildman–Crippen LogP) is 6.41. The lowest BCUT2D eigenvalue weighted by atomic mass is 9.98. The number of carbonyl (C=O) groups is 2. The first kappa shape index (κ1) is 25.9. The van der Waals surface area contributed by atoms with Gasteiger partial charge < -0.3 is 15.0 Å². The smallest absolute Gasteiger partial charge is 0.416 e. The largest absolute Gasteiger partial charge is 0.478 e. The van der Waals surface area contributed by atoms with Crippen LogP contribution in [0.15, 0.2) is 72.9 Å². The first-order valence-electron chi connectivity index (χ1n) is 11.6. The van der Waals surface area contributed by atoms with Crippen LogP contribution in [0.4, 0.5) is 17.6 Å². The van der Waals surface area contributed by atoms with Crippen molar-refractivity contribution in [2.45, 2.75) is 32.1 Å². The Morgan fingerprint density at radius 2 is 1.68 bits per heavy atom. The molecule has 1 amide bonds. The lowest BCUT2D eigenvalue weighted by molar-refractivity contribution is -0.137. The van der Waals surface area contributed by atoms with Gasteiger partial charge in [0.25, 0.3) is 5.91 Å². The fourth-order valence-corrected chi connectivity index (χ4v) is 4.33. The molecule has 0 saturated heterocycles. The van der Waals surface area contributed by atoms with Crippen molar-refractivity contribution < 1.29 is 32.3 Å². The van der Waals surface area contributed by atoms with Crippen molar-refractivity contribution in [1.82, 2.24) is 9.88 Å². The summed E-state index contributed by atoms with van der Waals surface area (Å²) in [6.07, 6.45) is -2.57. The highest BCUT2D eigenvalue weighted by atomic mass is 19.4. The zero-order valence-electron chi connectivity index (χ0n) is 19.8. The van der Waals surface area contributed by atoms with Gasteiger partial charge in [0.2, 0.25) is 0 Å². The number of nitrogens with zero attached hydrogens (tertiary/aromatic N) is 1. The molecule has 1 aromatic heterocycles. The Bertz CT molecular complexity index is 1430. The zero-order chi connectivity index (χ0) is 26.7. The van der Waals surface area contributed by atoms with E-state index in [1.165, 1.54) is 24.3 Å². The Balaban J connectivity index is 1.66. The quantitative estimate of drug-likeness (QED) is 0.268. The number of halogens is 4. The molecular formula is C28H24F4N2O3. The van der Waals surface area contributed by atoms with E-state index in [0.717, 1.165) is 17.7 Å². The number of hydrogen-bond donors (Lipinski definition) is 2. The first-order chi connectivity index (χ1) is 17.6. The zero-order valence-corrected chi connectivity index (χ0v) is 19.8. The van der Waals surface area contributed by atoms with Crippen molar-refractivity contribution in [1.29, 1.82) is 0 Å². The molecule has 2 N–H and O–H groups in total. The third kappa shape index (κ3) is 5.66. The lowest BCUT2D eigenvalue weighted by Crippen LogP contribution is -2.26. The number of aromatic nitrogens is 1. The molecule has 9 heteroatoms. The van der Waals surface area contributed by atoms with Crippen LogP contribution in [0.1, 0.15) is 55.9 Å². The normalized spacial score (nSPS) is 12.5. The molecule has 0 bridgehead atoms. The number of benzene rings is 3. The van der Waals surface area contributed by atoms with Gasteiger partial charge in [-0.1, -0.05) is 36.4 Å². The molecule has 37 heavy (non-hydrogen) atoms. The van der Waals surface area contributed by atoms with Gasteiger partial charge in [-0.3, -0.25) is 4.79 Å². The van der Waals surface area contributed by atoms with Gasteiger partial charge in [0, 0.05) is 17.1 Å². The fraction of sp³-hybridized carbons (Fsp3) is 0.214. The van der Waals surface area contributed by atoms with Crippen molar-refractivity contribution in [3.05, 3.63) is 106 Å². The minimum atomic E-state index is -4.43. The number of carboxylic acid groups (broad SMARTS) is 1. The van der Waals surface area contributed by atoms with E-state index in [4.69, 9.17) is 5.11 Å². The van der Waals surface area contributed by atoms with Gasteiger partial charge in [-0.2, -0.15) is 13.2 Å². The average Bonchev–Trinajstić information content (AvgIpc) is 3.24. The molecule has 1 atom stereocenters. The molecule has 4 aromatic rings. The number of carbonyl (C=O) groups excluding carboxylic acids is 1. The Kier molecular flexibility index (Phi) is 7.33. The van der Waals surface area contributed by atoms with Crippen LogP contribution in [-0.4, -0.2) is 28.2 Å². The Morgan fingerprint density at radius 1 is 1.00 bits per heavy atom. The maximum absolute atomic E-state index is 13.4. The molecule has 5 nitrogen and oxygen atoms in total. The number of aromatic carboxylic acids is 1. The summed E-state index contributed by atoms with van der Waals surface area (Å²) in [7, 11) is 0. The molecule has 0 radical (unpaired) electrons. The van der Waals surface area contributed by atoms with E-state index in [2.05, 4.69) is 5.32 Å². The summed E-state index contributed by atoms with van der Waals surface area (Å²) in [5.41, 5.74) is 2.41. The Hall–Kier alpha value is -4.14. The molecule has 192 valence electrons. The summed E-state index contributed by atoms with van der Waals surface area (Å²) >= 11 is 0. The van der Waals surface area contributed by atoms with Gasteiger partial charge in [0.05, 0.1) is 29.3 Å². The second-order valence-electron chi connectivity index (χ2n) is 8.73. The molecule has 0 fully saturated rings. The maximum atomic E-state index is 13.4. The highest BCUT2D eigenvalue weighted by Gasteiger charge is 2.30. The third-order valence-electron chi connectivity index (χ3n) is 6.24. The monoisotopic (exact) mass is 512 g/mol. The Labute approximate surface area is 210 Å². The second-order valence-corrected chi connectivity index (χ2v) is 8.73. The van der Waals surface area contributed by atoms with Gasteiger partial charge in [0.1, 0.15) is 6.67 Å². The van der Waals surface area contributed by atoms with Gasteiger partial charge in [-0.15, -0.1) is 0 Å². The summed E-state index contributed by atoms with van der Waals surface area (Å²) in [5.74, 6) is -1.46. The van der Waals surface area contributed by atoms with E-state index in [1.54, 1.807) is 48.0 Å². The number of hydrogen-bond acceptors (Lipinski definition) is 2. The summed E-state index contributed by atoms with van der Waals surface area (Å²) in [5, 5.41) is 12.6. The molecule has 3 aromatic carbocycles. The predicted molar refractivity (Wildman–Crippen MR) is 131 cm³/mol.